The minimum absolute atomic E-state index is 0.349. The summed E-state index contributed by atoms with van der Waals surface area (Å²) in [6.07, 6.45) is 4.79. The van der Waals surface area contributed by atoms with Gasteiger partial charge in [-0.2, -0.15) is 0 Å². The summed E-state index contributed by atoms with van der Waals surface area (Å²) in [6, 6.07) is 18.6. The lowest BCUT2D eigenvalue weighted by Crippen LogP contribution is -2.06. The minimum Gasteiger partial charge on any atom is -0.219 e. The van der Waals surface area contributed by atoms with E-state index in [1.807, 2.05) is 56.3 Å². The van der Waals surface area contributed by atoms with E-state index in [0.717, 1.165) is 11.1 Å². The summed E-state index contributed by atoms with van der Waals surface area (Å²) < 4.78 is 25.7. The van der Waals surface area contributed by atoms with Crippen LogP contribution in [0.5, 0.6) is 0 Å². The first-order chi connectivity index (χ1) is 11.0. The van der Waals surface area contributed by atoms with E-state index in [2.05, 4.69) is 0 Å². The van der Waals surface area contributed by atoms with Crippen LogP contribution in [0.15, 0.2) is 88.2 Å². The third-order valence-corrected chi connectivity index (χ3v) is 5.43. The summed E-state index contributed by atoms with van der Waals surface area (Å²) >= 11 is 0. The lowest BCUT2D eigenvalue weighted by molar-refractivity contribution is 0.600. The Bertz CT molecular complexity index is 782. The number of benzene rings is 2. The standard InChI is InChI=1S/C20H22O2S/c1-17(2)13-15-20(16-14-18-9-5-3-6-10-18)23(21,22)19-11-7-4-8-12-19/h3-13,15H,14,16H2,1-2H3/b20-15-. The second-order valence-corrected chi connectivity index (χ2v) is 7.68. The van der Waals surface area contributed by atoms with Crippen molar-refractivity contribution in [1.29, 1.82) is 0 Å². The van der Waals surface area contributed by atoms with E-state index in [0.29, 0.717) is 22.6 Å². The number of hydrogen-bond donors (Lipinski definition) is 0. The monoisotopic (exact) mass is 326 g/mol. The van der Waals surface area contributed by atoms with E-state index >= 15 is 0 Å². The maximum atomic E-state index is 12.9. The van der Waals surface area contributed by atoms with Gasteiger partial charge in [-0.25, -0.2) is 8.42 Å². The van der Waals surface area contributed by atoms with Crippen LogP contribution in [-0.4, -0.2) is 8.42 Å². The SMILES string of the molecule is CC(C)=C/C=C(/CCc1ccccc1)S(=O)(=O)c1ccccc1. The fourth-order valence-corrected chi connectivity index (χ4v) is 3.67. The minimum atomic E-state index is -3.45. The average molecular weight is 326 g/mol. The second-order valence-electron chi connectivity index (χ2n) is 5.68. The van der Waals surface area contributed by atoms with Crippen LogP contribution in [0.4, 0.5) is 0 Å². The van der Waals surface area contributed by atoms with Gasteiger partial charge in [-0.05, 0) is 50.5 Å². The first-order valence-corrected chi connectivity index (χ1v) is 9.16. The molecule has 0 saturated heterocycles. The van der Waals surface area contributed by atoms with Crippen molar-refractivity contribution in [2.75, 3.05) is 0 Å². The maximum Gasteiger partial charge on any atom is 0.202 e. The van der Waals surface area contributed by atoms with Crippen molar-refractivity contribution < 1.29 is 8.42 Å². The zero-order valence-electron chi connectivity index (χ0n) is 13.6. The zero-order valence-corrected chi connectivity index (χ0v) is 14.4. The normalized spacial score (nSPS) is 12.0. The Balaban J connectivity index is 2.31. The van der Waals surface area contributed by atoms with Gasteiger partial charge in [0, 0.05) is 4.91 Å². The average Bonchev–Trinajstić information content (AvgIpc) is 2.56. The van der Waals surface area contributed by atoms with Crippen LogP contribution >= 0.6 is 0 Å². The van der Waals surface area contributed by atoms with Gasteiger partial charge in [-0.1, -0.05) is 60.2 Å². The van der Waals surface area contributed by atoms with Crippen molar-refractivity contribution >= 4 is 9.84 Å². The number of sulfone groups is 1. The molecule has 2 aromatic rings. The fourth-order valence-electron chi connectivity index (χ4n) is 2.23. The van der Waals surface area contributed by atoms with E-state index in [1.165, 1.54) is 0 Å². The molecule has 0 unspecified atom stereocenters. The lowest BCUT2D eigenvalue weighted by Gasteiger charge is -2.09. The third kappa shape index (κ3) is 4.93. The molecule has 3 heteroatoms. The zero-order chi connectivity index (χ0) is 16.7. The summed E-state index contributed by atoms with van der Waals surface area (Å²) in [5, 5.41) is 0. The molecule has 0 atom stereocenters. The van der Waals surface area contributed by atoms with Gasteiger partial charge >= 0.3 is 0 Å². The second kappa shape index (κ2) is 7.93. The van der Waals surface area contributed by atoms with Crippen molar-refractivity contribution in [3.05, 3.63) is 88.9 Å². The Morgan fingerprint density at radius 3 is 2.00 bits per heavy atom. The molecule has 23 heavy (non-hydrogen) atoms. The molecule has 0 aliphatic carbocycles. The predicted molar refractivity (Wildman–Crippen MR) is 95.9 cm³/mol. The van der Waals surface area contributed by atoms with Crippen LogP contribution in [0.25, 0.3) is 0 Å². The van der Waals surface area contributed by atoms with Crippen molar-refractivity contribution in [3.63, 3.8) is 0 Å². The van der Waals surface area contributed by atoms with Crippen molar-refractivity contribution in [2.24, 2.45) is 0 Å². The summed E-state index contributed by atoms with van der Waals surface area (Å²) in [4.78, 5) is 0.801. The molecule has 2 rings (SSSR count). The first kappa shape index (κ1) is 17.2. The van der Waals surface area contributed by atoms with Gasteiger partial charge in [0.15, 0.2) is 0 Å². The number of allylic oxidation sites excluding steroid dienone is 4. The molecule has 0 fully saturated rings. The van der Waals surface area contributed by atoms with Crippen LogP contribution in [0.1, 0.15) is 25.8 Å². The third-order valence-electron chi connectivity index (χ3n) is 3.50. The Labute approximate surface area is 139 Å². The predicted octanol–water partition coefficient (Wildman–Crippen LogP) is 4.94. The fraction of sp³-hybridized carbons (Fsp3) is 0.200. The molecule has 0 N–H and O–H groups in total. The number of aryl methyl sites for hydroxylation is 1. The highest BCUT2D eigenvalue weighted by Crippen LogP contribution is 2.23. The van der Waals surface area contributed by atoms with E-state index in [-0.39, 0.29) is 0 Å². The highest BCUT2D eigenvalue weighted by molar-refractivity contribution is 7.95. The van der Waals surface area contributed by atoms with Crippen LogP contribution < -0.4 is 0 Å². The molecule has 2 nitrogen and oxygen atoms in total. The van der Waals surface area contributed by atoms with E-state index in [1.54, 1.807) is 30.3 Å². The summed E-state index contributed by atoms with van der Waals surface area (Å²) in [7, 11) is -3.45. The summed E-state index contributed by atoms with van der Waals surface area (Å²) in [6.45, 7) is 3.92. The smallest absolute Gasteiger partial charge is 0.202 e. The molecule has 120 valence electrons. The molecule has 2 aromatic carbocycles. The maximum absolute atomic E-state index is 12.9. The molecular weight excluding hydrogens is 304 g/mol. The van der Waals surface area contributed by atoms with Gasteiger partial charge in [0.2, 0.25) is 9.84 Å². The highest BCUT2D eigenvalue weighted by Gasteiger charge is 2.19. The molecule has 0 heterocycles. The van der Waals surface area contributed by atoms with E-state index < -0.39 is 9.84 Å². The molecule has 0 saturated carbocycles. The van der Waals surface area contributed by atoms with Gasteiger partial charge in [-0.15, -0.1) is 0 Å². The molecular formula is C20H22O2S. The van der Waals surface area contributed by atoms with Crippen molar-refractivity contribution in [2.45, 2.75) is 31.6 Å². The van der Waals surface area contributed by atoms with Gasteiger partial charge in [0.25, 0.3) is 0 Å². The van der Waals surface area contributed by atoms with Crippen molar-refractivity contribution in [3.8, 4) is 0 Å². The molecule has 0 amide bonds. The van der Waals surface area contributed by atoms with Crippen LogP contribution in [0, 0.1) is 0 Å². The summed E-state index contributed by atoms with van der Waals surface area (Å²) in [5.41, 5.74) is 2.21. The largest absolute Gasteiger partial charge is 0.219 e. The molecule has 0 aliphatic heterocycles. The Kier molecular flexibility index (Phi) is 5.94. The van der Waals surface area contributed by atoms with Crippen molar-refractivity contribution in [1.82, 2.24) is 0 Å². The van der Waals surface area contributed by atoms with Crippen LogP contribution in [0.2, 0.25) is 0 Å². The Morgan fingerprint density at radius 1 is 0.870 bits per heavy atom. The van der Waals surface area contributed by atoms with E-state index in [4.69, 9.17) is 0 Å². The Morgan fingerprint density at radius 2 is 1.43 bits per heavy atom. The molecule has 0 spiro atoms. The van der Waals surface area contributed by atoms with Crippen LogP contribution in [-0.2, 0) is 16.3 Å². The molecule has 0 aromatic heterocycles. The molecule has 0 radical (unpaired) electrons. The topological polar surface area (TPSA) is 34.1 Å². The van der Waals surface area contributed by atoms with Gasteiger partial charge in [0.1, 0.15) is 0 Å². The summed E-state index contributed by atoms with van der Waals surface area (Å²) in [5.74, 6) is 0. The first-order valence-electron chi connectivity index (χ1n) is 7.68. The van der Waals surface area contributed by atoms with Gasteiger partial charge in [-0.3, -0.25) is 0 Å². The number of rotatable bonds is 6. The quantitative estimate of drug-likeness (QED) is 0.704. The van der Waals surface area contributed by atoms with E-state index in [9.17, 15) is 8.42 Å². The Hall–Kier alpha value is -2.13. The highest BCUT2D eigenvalue weighted by atomic mass is 32.2. The van der Waals surface area contributed by atoms with Crippen LogP contribution in [0.3, 0.4) is 0 Å². The molecule has 0 aliphatic rings. The molecule has 0 bridgehead atoms. The lowest BCUT2D eigenvalue weighted by atomic mass is 10.1. The number of hydrogen-bond acceptors (Lipinski definition) is 2. The van der Waals surface area contributed by atoms with Gasteiger partial charge in [0.05, 0.1) is 4.90 Å². The van der Waals surface area contributed by atoms with Gasteiger partial charge < -0.3 is 0 Å².